The van der Waals surface area contributed by atoms with E-state index in [2.05, 4.69) is 11.4 Å². The average molecular weight is 239 g/mol. The third-order valence-electron chi connectivity index (χ3n) is 2.64. The Balaban J connectivity index is 2.34. The van der Waals surface area contributed by atoms with Crippen LogP contribution in [-0.4, -0.2) is 43.1 Å². The van der Waals surface area contributed by atoms with Gasteiger partial charge in [-0.15, -0.1) is 0 Å². The van der Waals surface area contributed by atoms with Gasteiger partial charge >= 0.3 is 0 Å². The van der Waals surface area contributed by atoms with E-state index in [4.69, 9.17) is 14.9 Å². The minimum absolute atomic E-state index is 0.200. The van der Waals surface area contributed by atoms with E-state index in [9.17, 15) is 0 Å². The van der Waals surface area contributed by atoms with Gasteiger partial charge in [0.25, 0.3) is 0 Å². The highest BCUT2D eigenvalue weighted by atomic mass is 16.5. The molecule has 0 aromatic heterocycles. The van der Waals surface area contributed by atoms with Gasteiger partial charge in [-0.3, -0.25) is 0 Å². The van der Waals surface area contributed by atoms with E-state index < -0.39 is 6.10 Å². The number of hydrogen-bond acceptors (Lipinski definition) is 4. The molecule has 0 radical (unpaired) electrons. The second-order valence-corrected chi connectivity index (χ2v) is 4.09. The van der Waals surface area contributed by atoms with E-state index in [1.807, 2.05) is 19.1 Å². The van der Waals surface area contributed by atoms with E-state index in [0.29, 0.717) is 6.54 Å². The predicted molar refractivity (Wildman–Crippen MR) is 67.4 cm³/mol. The zero-order valence-electron chi connectivity index (χ0n) is 10.4. The largest absolute Gasteiger partial charge is 0.496 e. The molecule has 1 rings (SSSR count). The zero-order chi connectivity index (χ0) is 12.7. The highest BCUT2D eigenvalue weighted by molar-refractivity contribution is 5.36. The van der Waals surface area contributed by atoms with Crippen LogP contribution in [0.3, 0.4) is 0 Å². The smallest absolute Gasteiger partial charge is 0.121 e. The topological polar surface area (TPSA) is 61.7 Å². The van der Waals surface area contributed by atoms with Crippen molar-refractivity contribution in [1.29, 1.82) is 0 Å². The predicted octanol–water partition coefficient (Wildman–Crippen LogP) is 0.489. The molecule has 0 aliphatic carbocycles. The third kappa shape index (κ3) is 4.73. The van der Waals surface area contributed by atoms with E-state index >= 15 is 0 Å². The molecule has 3 N–H and O–H groups in total. The van der Waals surface area contributed by atoms with Crippen LogP contribution in [-0.2, 0) is 6.42 Å². The minimum atomic E-state index is -0.674. The van der Waals surface area contributed by atoms with Crippen molar-refractivity contribution in [3.63, 3.8) is 0 Å². The number of rotatable bonds is 7. The minimum Gasteiger partial charge on any atom is -0.496 e. The van der Waals surface area contributed by atoms with Crippen LogP contribution in [0.5, 0.6) is 5.75 Å². The SMILES string of the molecule is COc1ccc(CCNCC(O)CO)cc1C. The van der Waals surface area contributed by atoms with Gasteiger partial charge in [0, 0.05) is 6.54 Å². The molecule has 0 spiro atoms. The lowest BCUT2D eigenvalue weighted by molar-refractivity contribution is 0.0947. The summed E-state index contributed by atoms with van der Waals surface area (Å²) in [5, 5.41) is 20.9. The van der Waals surface area contributed by atoms with Crippen LogP contribution in [0.25, 0.3) is 0 Å². The summed E-state index contributed by atoms with van der Waals surface area (Å²) < 4.78 is 5.20. The van der Waals surface area contributed by atoms with E-state index in [0.717, 1.165) is 24.3 Å². The van der Waals surface area contributed by atoms with Gasteiger partial charge in [0.1, 0.15) is 5.75 Å². The highest BCUT2D eigenvalue weighted by Gasteiger charge is 2.02. The van der Waals surface area contributed by atoms with Crippen molar-refractivity contribution in [1.82, 2.24) is 5.32 Å². The van der Waals surface area contributed by atoms with Crippen molar-refractivity contribution in [2.24, 2.45) is 0 Å². The first-order valence-electron chi connectivity index (χ1n) is 5.80. The molecule has 0 bridgehead atoms. The Bertz CT molecular complexity index is 341. The molecule has 0 heterocycles. The molecule has 4 heteroatoms. The molecule has 1 aromatic carbocycles. The van der Waals surface area contributed by atoms with Crippen molar-refractivity contribution in [2.75, 3.05) is 26.8 Å². The fourth-order valence-electron chi connectivity index (χ4n) is 1.66. The highest BCUT2D eigenvalue weighted by Crippen LogP contribution is 2.18. The Morgan fingerprint density at radius 2 is 2.18 bits per heavy atom. The summed E-state index contributed by atoms with van der Waals surface area (Å²) in [6.45, 7) is 3.02. The molecular weight excluding hydrogens is 218 g/mol. The first-order valence-corrected chi connectivity index (χ1v) is 5.80. The molecule has 17 heavy (non-hydrogen) atoms. The van der Waals surface area contributed by atoms with Gasteiger partial charge in [-0.05, 0) is 37.1 Å². The van der Waals surface area contributed by atoms with Gasteiger partial charge in [-0.25, -0.2) is 0 Å². The van der Waals surface area contributed by atoms with Crippen LogP contribution in [0.15, 0.2) is 18.2 Å². The lowest BCUT2D eigenvalue weighted by atomic mass is 10.1. The maximum atomic E-state index is 9.14. The summed E-state index contributed by atoms with van der Waals surface area (Å²) in [7, 11) is 1.67. The molecule has 1 unspecified atom stereocenters. The summed E-state index contributed by atoms with van der Waals surface area (Å²) in [6, 6.07) is 6.10. The molecule has 1 aromatic rings. The third-order valence-corrected chi connectivity index (χ3v) is 2.64. The Morgan fingerprint density at radius 1 is 1.41 bits per heavy atom. The normalized spacial score (nSPS) is 12.5. The maximum absolute atomic E-state index is 9.14. The number of benzene rings is 1. The molecule has 1 atom stereocenters. The van der Waals surface area contributed by atoms with Gasteiger partial charge in [0.15, 0.2) is 0 Å². The summed E-state index contributed by atoms with van der Waals surface area (Å²) in [5.41, 5.74) is 2.36. The van der Waals surface area contributed by atoms with Crippen molar-refractivity contribution in [3.05, 3.63) is 29.3 Å². The van der Waals surface area contributed by atoms with E-state index in [1.165, 1.54) is 5.56 Å². The van der Waals surface area contributed by atoms with Crippen molar-refractivity contribution >= 4 is 0 Å². The molecular formula is C13H21NO3. The van der Waals surface area contributed by atoms with E-state index in [-0.39, 0.29) is 6.61 Å². The number of aryl methyl sites for hydroxylation is 1. The molecule has 0 fully saturated rings. The summed E-state index contributed by atoms with van der Waals surface area (Å²) in [6.07, 6.45) is 0.218. The van der Waals surface area contributed by atoms with Gasteiger partial charge in [-0.1, -0.05) is 12.1 Å². The van der Waals surface area contributed by atoms with Crippen molar-refractivity contribution in [3.8, 4) is 5.75 Å². The average Bonchev–Trinajstić information content (AvgIpc) is 2.34. The molecule has 4 nitrogen and oxygen atoms in total. The van der Waals surface area contributed by atoms with Crippen LogP contribution in [0.2, 0.25) is 0 Å². The van der Waals surface area contributed by atoms with Crippen LogP contribution in [0, 0.1) is 6.92 Å². The Labute approximate surface area is 102 Å². The lowest BCUT2D eigenvalue weighted by Crippen LogP contribution is -2.30. The Morgan fingerprint density at radius 3 is 2.76 bits per heavy atom. The molecule has 0 saturated carbocycles. The van der Waals surface area contributed by atoms with Crippen LogP contribution < -0.4 is 10.1 Å². The zero-order valence-corrected chi connectivity index (χ0v) is 10.4. The Kier molecular flexibility index (Phi) is 5.97. The monoisotopic (exact) mass is 239 g/mol. The summed E-state index contributed by atoms with van der Waals surface area (Å²) in [5.74, 6) is 0.900. The van der Waals surface area contributed by atoms with Gasteiger partial charge in [-0.2, -0.15) is 0 Å². The molecule has 0 amide bonds. The van der Waals surface area contributed by atoms with Crippen molar-refractivity contribution in [2.45, 2.75) is 19.4 Å². The van der Waals surface area contributed by atoms with E-state index in [1.54, 1.807) is 7.11 Å². The number of aliphatic hydroxyl groups is 2. The number of ether oxygens (including phenoxy) is 1. The number of nitrogens with one attached hydrogen (secondary N) is 1. The number of methoxy groups -OCH3 is 1. The standard InChI is InChI=1S/C13H21NO3/c1-10-7-11(3-4-13(10)17-2)5-6-14-8-12(16)9-15/h3-4,7,12,14-16H,5-6,8-9H2,1-2H3. The molecule has 0 aliphatic rings. The van der Waals surface area contributed by atoms with Crippen molar-refractivity contribution < 1.29 is 14.9 Å². The first kappa shape index (κ1) is 14.0. The van der Waals surface area contributed by atoms with Gasteiger partial charge in [0.05, 0.1) is 19.8 Å². The number of hydrogen-bond donors (Lipinski definition) is 3. The first-order chi connectivity index (χ1) is 8.17. The van der Waals surface area contributed by atoms with Crippen LogP contribution in [0.1, 0.15) is 11.1 Å². The fraction of sp³-hybridized carbons (Fsp3) is 0.538. The Hall–Kier alpha value is -1.10. The maximum Gasteiger partial charge on any atom is 0.121 e. The lowest BCUT2D eigenvalue weighted by Gasteiger charge is -2.10. The molecule has 96 valence electrons. The fourth-order valence-corrected chi connectivity index (χ4v) is 1.66. The summed E-state index contributed by atoms with van der Waals surface area (Å²) >= 11 is 0. The molecule has 0 saturated heterocycles. The number of aliphatic hydroxyl groups excluding tert-OH is 2. The second-order valence-electron chi connectivity index (χ2n) is 4.09. The summed E-state index contributed by atoms with van der Waals surface area (Å²) in [4.78, 5) is 0. The van der Waals surface area contributed by atoms with Gasteiger partial charge in [0.2, 0.25) is 0 Å². The second kappa shape index (κ2) is 7.27. The van der Waals surface area contributed by atoms with Gasteiger partial charge < -0.3 is 20.3 Å². The van der Waals surface area contributed by atoms with Crippen LogP contribution in [0.4, 0.5) is 0 Å². The quantitative estimate of drug-likeness (QED) is 0.606. The van der Waals surface area contributed by atoms with Crippen LogP contribution >= 0.6 is 0 Å². The molecule has 0 aliphatic heterocycles.